The highest BCUT2D eigenvalue weighted by Gasteiger charge is 2.03. The molecule has 126 valence electrons. The number of hydrogen-bond acceptors (Lipinski definition) is 2. The molecular formula is C19H24N4O. The van der Waals surface area contributed by atoms with Crippen LogP contribution in [0, 0.1) is 0 Å². The molecule has 0 heterocycles. The van der Waals surface area contributed by atoms with E-state index in [0.29, 0.717) is 18.1 Å². The molecule has 0 aliphatic heterocycles. The molecule has 5 nitrogen and oxygen atoms in total. The fourth-order valence-corrected chi connectivity index (χ4v) is 2.37. The van der Waals surface area contributed by atoms with Crippen LogP contribution in [-0.2, 0) is 12.8 Å². The van der Waals surface area contributed by atoms with Gasteiger partial charge in [0, 0.05) is 24.8 Å². The molecule has 0 fully saturated rings. The van der Waals surface area contributed by atoms with E-state index < -0.39 is 0 Å². The fourth-order valence-electron chi connectivity index (χ4n) is 2.37. The van der Waals surface area contributed by atoms with Gasteiger partial charge in [0.1, 0.15) is 0 Å². The van der Waals surface area contributed by atoms with Crippen molar-refractivity contribution < 1.29 is 4.79 Å². The summed E-state index contributed by atoms with van der Waals surface area (Å²) in [6.07, 6.45) is 1.70. The summed E-state index contributed by atoms with van der Waals surface area (Å²) in [4.78, 5) is 16.0. The predicted molar refractivity (Wildman–Crippen MR) is 99.5 cm³/mol. The van der Waals surface area contributed by atoms with Gasteiger partial charge in [0.05, 0.1) is 0 Å². The zero-order chi connectivity index (χ0) is 17.4. The Labute approximate surface area is 143 Å². The van der Waals surface area contributed by atoms with Crippen LogP contribution >= 0.6 is 0 Å². The summed E-state index contributed by atoms with van der Waals surface area (Å²) in [5, 5.41) is 5.73. The molecule has 0 aliphatic carbocycles. The van der Waals surface area contributed by atoms with Crippen molar-refractivity contribution in [2.75, 3.05) is 18.9 Å². The predicted octanol–water partition coefficient (Wildman–Crippen LogP) is 2.58. The number of guanidine groups is 1. The third-order valence-electron chi connectivity index (χ3n) is 3.71. The van der Waals surface area contributed by atoms with E-state index in [0.717, 1.165) is 24.1 Å². The molecule has 0 atom stereocenters. The first-order valence-corrected chi connectivity index (χ1v) is 8.09. The van der Waals surface area contributed by atoms with Crippen LogP contribution < -0.4 is 16.4 Å². The van der Waals surface area contributed by atoms with Crippen LogP contribution in [0.15, 0.2) is 53.5 Å². The average Bonchev–Trinajstić information content (AvgIpc) is 2.61. The SMILES string of the molecule is CCc1cccc(NC(N)=NCCc2cccc(C(=O)NC)c2)c1. The molecule has 2 aromatic rings. The summed E-state index contributed by atoms with van der Waals surface area (Å²) in [6, 6.07) is 15.6. The van der Waals surface area contributed by atoms with Crippen molar-refractivity contribution in [3.8, 4) is 0 Å². The maximum absolute atomic E-state index is 11.6. The third kappa shape index (κ3) is 5.12. The number of amides is 1. The highest BCUT2D eigenvalue weighted by Crippen LogP contribution is 2.11. The van der Waals surface area contributed by atoms with Gasteiger partial charge in [0.25, 0.3) is 5.91 Å². The second-order valence-corrected chi connectivity index (χ2v) is 5.48. The molecule has 0 aliphatic rings. The highest BCUT2D eigenvalue weighted by atomic mass is 16.1. The Kier molecular flexibility index (Phi) is 6.37. The number of aliphatic imine (C=N–C) groups is 1. The second kappa shape index (κ2) is 8.72. The molecule has 2 aromatic carbocycles. The Balaban J connectivity index is 1.92. The third-order valence-corrected chi connectivity index (χ3v) is 3.71. The first-order chi connectivity index (χ1) is 11.6. The standard InChI is InChI=1S/C19H24N4O/c1-3-14-6-5-9-17(13-14)23-19(20)22-11-10-15-7-4-8-16(12-15)18(24)21-2/h4-9,12-13H,3,10-11H2,1-2H3,(H,21,24)(H3,20,22,23). The fraction of sp³-hybridized carbons (Fsp3) is 0.263. The number of nitrogens with two attached hydrogens (primary N) is 1. The van der Waals surface area contributed by atoms with Gasteiger partial charge in [-0.25, -0.2) is 0 Å². The number of nitrogens with one attached hydrogen (secondary N) is 2. The zero-order valence-corrected chi connectivity index (χ0v) is 14.2. The van der Waals surface area contributed by atoms with Gasteiger partial charge in [-0.15, -0.1) is 0 Å². The lowest BCUT2D eigenvalue weighted by atomic mass is 10.1. The number of anilines is 1. The van der Waals surface area contributed by atoms with Gasteiger partial charge in [0.2, 0.25) is 0 Å². The number of nitrogens with zero attached hydrogens (tertiary/aromatic N) is 1. The molecule has 0 aromatic heterocycles. The molecule has 0 unspecified atom stereocenters. The Morgan fingerprint density at radius 1 is 1.12 bits per heavy atom. The van der Waals surface area contributed by atoms with Crippen LogP contribution in [0.3, 0.4) is 0 Å². The zero-order valence-electron chi connectivity index (χ0n) is 14.2. The average molecular weight is 324 g/mol. The molecule has 0 bridgehead atoms. The summed E-state index contributed by atoms with van der Waals surface area (Å²) in [5.74, 6) is 0.308. The van der Waals surface area contributed by atoms with Crippen molar-refractivity contribution in [2.24, 2.45) is 10.7 Å². The molecule has 0 saturated carbocycles. The first kappa shape index (κ1) is 17.5. The maximum Gasteiger partial charge on any atom is 0.251 e. The number of aryl methyl sites for hydroxylation is 1. The van der Waals surface area contributed by atoms with E-state index in [9.17, 15) is 4.79 Å². The number of hydrogen-bond donors (Lipinski definition) is 3. The van der Waals surface area contributed by atoms with Gasteiger partial charge < -0.3 is 16.4 Å². The summed E-state index contributed by atoms with van der Waals surface area (Å²) in [5.41, 5.74) is 9.84. The van der Waals surface area contributed by atoms with Crippen molar-refractivity contribution in [3.63, 3.8) is 0 Å². The van der Waals surface area contributed by atoms with E-state index in [1.807, 2.05) is 30.3 Å². The van der Waals surface area contributed by atoms with Crippen molar-refractivity contribution >= 4 is 17.6 Å². The Morgan fingerprint density at radius 2 is 1.88 bits per heavy atom. The number of rotatable bonds is 6. The van der Waals surface area contributed by atoms with Gasteiger partial charge >= 0.3 is 0 Å². The molecule has 1 amide bonds. The molecule has 24 heavy (non-hydrogen) atoms. The summed E-state index contributed by atoms with van der Waals surface area (Å²) in [6.45, 7) is 2.67. The summed E-state index contributed by atoms with van der Waals surface area (Å²) < 4.78 is 0. The van der Waals surface area contributed by atoms with Gasteiger partial charge in [-0.05, 0) is 48.2 Å². The maximum atomic E-state index is 11.6. The van der Waals surface area contributed by atoms with Gasteiger partial charge in [-0.2, -0.15) is 0 Å². The minimum absolute atomic E-state index is 0.0858. The molecule has 0 spiro atoms. The Hall–Kier alpha value is -2.82. The Bertz CT molecular complexity index is 725. The largest absolute Gasteiger partial charge is 0.370 e. The van der Waals surface area contributed by atoms with Gasteiger partial charge in [-0.3, -0.25) is 9.79 Å². The molecular weight excluding hydrogens is 300 g/mol. The Morgan fingerprint density at radius 3 is 2.62 bits per heavy atom. The molecule has 2 rings (SSSR count). The quantitative estimate of drug-likeness (QED) is 0.564. The van der Waals surface area contributed by atoms with E-state index in [4.69, 9.17) is 5.73 Å². The van der Waals surface area contributed by atoms with Crippen molar-refractivity contribution in [2.45, 2.75) is 19.8 Å². The van der Waals surface area contributed by atoms with E-state index in [1.165, 1.54) is 5.56 Å². The summed E-state index contributed by atoms with van der Waals surface area (Å²) in [7, 11) is 1.62. The van der Waals surface area contributed by atoms with E-state index >= 15 is 0 Å². The molecule has 0 radical (unpaired) electrons. The second-order valence-electron chi connectivity index (χ2n) is 5.48. The molecule has 5 heteroatoms. The number of carbonyl (C=O) groups is 1. The van der Waals surface area contributed by atoms with Crippen molar-refractivity contribution in [1.29, 1.82) is 0 Å². The lowest BCUT2D eigenvalue weighted by Crippen LogP contribution is -2.23. The van der Waals surface area contributed by atoms with Crippen LogP contribution in [-0.4, -0.2) is 25.5 Å². The van der Waals surface area contributed by atoms with Crippen molar-refractivity contribution in [1.82, 2.24) is 5.32 Å². The van der Waals surface area contributed by atoms with Crippen molar-refractivity contribution in [3.05, 3.63) is 65.2 Å². The normalized spacial score (nSPS) is 11.2. The molecule has 4 N–H and O–H groups in total. The van der Waals surface area contributed by atoms with Gasteiger partial charge in [0.15, 0.2) is 5.96 Å². The van der Waals surface area contributed by atoms with Gasteiger partial charge in [-0.1, -0.05) is 31.2 Å². The lowest BCUT2D eigenvalue weighted by molar-refractivity contribution is 0.0963. The van der Waals surface area contributed by atoms with Crippen LogP contribution in [0.4, 0.5) is 5.69 Å². The molecule has 0 saturated heterocycles. The summed E-state index contributed by atoms with van der Waals surface area (Å²) >= 11 is 0. The van der Waals surface area contributed by atoms with Crippen LogP contribution in [0.1, 0.15) is 28.4 Å². The first-order valence-electron chi connectivity index (χ1n) is 8.09. The van der Waals surface area contributed by atoms with Crippen LogP contribution in [0.5, 0.6) is 0 Å². The van der Waals surface area contributed by atoms with E-state index in [-0.39, 0.29) is 5.91 Å². The van der Waals surface area contributed by atoms with Crippen LogP contribution in [0.2, 0.25) is 0 Å². The van der Waals surface area contributed by atoms with E-state index in [1.54, 1.807) is 13.1 Å². The topological polar surface area (TPSA) is 79.5 Å². The monoisotopic (exact) mass is 324 g/mol. The lowest BCUT2D eigenvalue weighted by Gasteiger charge is -2.07. The minimum atomic E-state index is -0.0858. The highest BCUT2D eigenvalue weighted by molar-refractivity contribution is 5.94. The minimum Gasteiger partial charge on any atom is -0.370 e. The van der Waals surface area contributed by atoms with Crippen LogP contribution in [0.25, 0.3) is 0 Å². The number of benzene rings is 2. The number of carbonyl (C=O) groups excluding carboxylic acids is 1. The smallest absolute Gasteiger partial charge is 0.251 e. The van der Waals surface area contributed by atoms with E-state index in [2.05, 4.69) is 34.7 Å².